The van der Waals surface area contributed by atoms with Gasteiger partial charge in [-0.1, -0.05) is 0 Å². The topological polar surface area (TPSA) is 9.23 Å². The molecule has 12 heavy (non-hydrogen) atoms. The SMILES string of the molecule is b1ccccc1CC1CCCO1. The number of rotatable bonds is 2. The summed E-state index contributed by atoms with van der Waals surface area (Å²) < 4.78 is 5.56. The van der Waals surface area contributed by atoms with Crippen molar-refractivity contribution in [1.29, 1.82) is 0 Å². The molecule has 2 rings (SSSR count). The van der Waals surface area contributed by atoms with Crippen LogP contribution >= 0.6 is 0 Å². The van der Waals surface area contributed by atoms with Gasteiger partial charge < -0.3 is 0 Å². The molecule has 0 N–H and O–H groups in total. The minimum absolute atomic E-state index is 0.479. The molecule has 1 nitrogen and oxygen atoms in total. The Morgan fingerprint density at radius 1 is 1.50 bits per heavy atom. The van der Waals surface area contributed by atoms with Gasteiger partial charge in [-0.25, -0.2) is 0 Å². The van der Waals surface area contributed by atoms with Gasteiger partial charge in [-0.3, -0.25) is 0 Å². The first-order valence-corrected chi connectivity index (χ1v) is 4.61. The zero-order chi connectivity index (χ0) is 8.23. The van der Waals surface area contributed by atoms with Crippen LogP contribution in [0, 0.1) is 0 Å². The molecule has 0 bridgehead atoms. The summed E-state index contributed by atoms with van der Waals surface area (Å²) in [7, 11) is 0. The number of hydrogen-bond donors (Lipinski definition) is 0. The van der Waals surface area contributed by atoms with Crippen LogP contribution in [-0.4, -0.2) is 19.6 Å². The van der Waals surface area contributed by atoms with Crippen molar-refractivity contribution < 1.29 is 4.74 Å². The molecule has 0 aromatic carbocycles. The molecular formula is C10H13BO. The van der Waals surface area contributed by atoms with Crippen LogP contribution in [0.2, 0.25) is 0 Å². The van der Waals surface area contributed by atoms with Crippen molar-refractivity contribution in [2.75, 3.05) is 6.61 Å². The second kappa shape index (κ2) is 3.86. The summed E-state index contributed by atoms with van der Waals surface area (Å²) in [4.78, 5) is 0. The maximum atomic E-state index is 5.56. The van der Waals surface area contributed by atoms with Crippen LogP contribution in [0.4, 0.5) is 0 Å². The van der Waals surface area contributed by atoms with Gasteiger partial charge in [0.1, 0.15) is 0 Å². The predicted octanol–water partition coefficient (Wildman–Crippen LogP) is 1.75. The van der Waals surface area contributed by atoms with E-state index < -0.39 is 0 Å². The molecule has 0 radical (unpaired) electrons. The molecule has 2 heteroatoms. The van der Waals surface area contributed by atoms with Crippen molar-refractivity contribution in [3.8, 4) is 0 Å². The zero-order valence-corrected chi connectivity index (χ0v) is 7.20. The van der Waals surface area contributed by atoms with Crippen molar-refractivity contribution in [2.24, 2.45) is 0 Å². The number of hydrogen-bond acceptors (Lipinski definition) is 1. The Morgan fingerprint density at radius 3 is 3.17 bits per heavy atom. The molecular weight excluding hydrogens is 147 g/mol. The number of ether oxygens (including phenoxy) is 1. The van der Waals surface area contributed by atoms with E-state index in [2.05, 4.69) is 31.1 Å². The molecule has 0 spiro atoms. The summed E-state index contributed by atoms with van der Waals surface area (Å²) in [5.74, 6) is 2.09. The molecule has 2 heterocycles. The molecule has 1 atom stereocenters. The van der Waals surface area contributed by atoms with Crippen molar-refractivity contribution in [2.45, 2.75) is 25.4 Å². The molecule has 0 amide bonds. The van der Waals surface area contributed by atoms with E-state index in [-0.39, 0.29) is 0 Å². The summed E-state index contributed by atoms with van der Waals surface area (Å²) in [5.41, 5.74) is 1.39. The van der Waals surface area contributed by atoms with E-state index in [0.29, 0.717) is 6.10 Å². The fourth-order valence-corrected chi connectivity index (χ4v) is 1.68. The van der Waals surface area contributed by atoms with Gasteiger partial charge in [0.25, 0.3) is 0 Å². The van der Waals surface area contributed by atoms with Crippen LogP contribution < -0.4 is 0 Å². The molecule has 1 saturated heterocycles. The third kappa shape index (κ3) is 1.95. The summed E-state index contributed by atoms with van der Waals surface area (Å²) in [6.07, 6.45) is 4.03. The van der Waals surface area contributed by atoms with E-state index in [9.17, 15) is 0 Å². The van der Waals surface area contributed by atoms with Gasteiger partial charge in [-0.2, -0.15) is 0 Å². The second-order valence-electron chi connectivity index (χ2n) is 3.32. The molecule has 1 aromatic heterocycles. The van der Waals surface area contributed by atoms with Gasteiger partial charge in [-0.15, -0.1) is 0 Å². The molecule has 0 saturated carbocycles. The molecule has 1 fully saturated rings. The van der Waals surface area contributed by atoms with Crippen LogP contribution in [0.1, 0.15) is 18.3 Å². The summed E-state index contributed by atoms with van der Waals surface area (Å²) >= 11 is 0. The molecule has 0 aliphatic carbocycles. The zero-order valence-electron chi connectivity index (χ0n) is 7.20. The summed E-state index contributed by atoms with van der Waals surface area (Å²) in [6.45, 7) is 3.12. The Kier molecular flexibility index (Phi) is 2.57. The van der Waals surface area contributed by atoms with E-state index in [0.717, 1.165) is 13.0 Å². The first-order valence-electron chi connectivity index (χ1n) is 4.61. The Balaban J connectivity index is 1.94. The normalized spacial score (nSPS) is 22.5. The van der Waals surface area contributed by atoms with Crippen molar-refractivity contribution in [1.82, 2.24) is 0 Å². The summed E-state index contributed by atoms with van der Waals surface area (Å²) in [6, 6.07) is 6.31. The van der Waals surface area contributed by atoms with E-state index in [1.807, 2.05) is 0 Å². The van der Waals surface area contributed by atoms with E-state index >= 15 is 0 Å². The first-order chi connectivity index (χ1) is 5.95. The quantitative estimate of drug-likeness (QED) is 0.640. The predicted molar refractivity (Wildman–Crippen MR) is 50.5 cm³/mol. The van der Waals surface area contributed by atoms with Crippen LogP contribution in [0.3, 0.4) is 0 Å². The van der Waals surface area contributed by atoms with Crippen molar-refractivity contribution in [3.05, 3.63) is 29.6 Å². The average Bonchev–Trinajstić information content (AvgIpc) is 2.59. The van der Waals surface area contributed by atoms with Gasteiger partial charge in [0.15, 0.2) is 0 Å². The molecule has 1 aromatic rings. The Bertz CT molecular complexity index is 229. The molecule has 62 valence electrons. The Morgan fingerprint density at radius 2 is 2.50 bits per heavy atom. The standard InChI is InChI=1S/C10H13BO/c1-2-6-11-9(4-1)8-10-5-3-7-12-10/h1-2,4,6,10H,3,5,7-8H2. The van der Waals surface area contributed by atoms with Crippen LogP contribution in [0.25, 0.3) is 0 Å². The fourth-order valence-electron chi connectivity index (χ4n) is 1.68. The Labute approximate surface area is 74.0 Å². The minimum atomic E-state index is 0.479. The van der Waals surface area contributed by atoms with Gasteiger partial charge in [0.05, 0.1) is 0 Å². The third-order valence-electron chi connectivity index (χ3n) is 2.33. The van der Waals surface area contributed by atoms with Crippen LogP contribution in [0.5, 0.6) is 0 Å². The van der Waals surface area contributed by atoms with Gasteiger partial charge in [-0.05, 0) is 0 Å². The van der Waals surface area contributed by atoms with Crippen LogP contribution in [-0.2, 0) is 11.2 Å². The van der Waals surface area contributed by atoms with E-state index in [1.165, 1.54) is 18.3 Å². The molecule has 1 aliphatic heterocycles. The van der Waals surface area contributed by atoms with Gasteiger partial charge in [0, 0.05) is 0 Å². The second-order valence-corrected chi connectivity index (χ2v) is 3.32. The van der Waals surface area contributed by atoms with Crippen LogP contribution in [0.15, 0.2) is 24.2 Å². The molecule has 1 unspecified atom stereocenters. The average molecular weight is 160 g/mol. The maximum absolute atomic E-state index is 5.56. The summed E-state index contributed by atoms with van der Waals surface area (Å²) in [5, 5.41) is 0. The third-order valence-corrected chi connectivity index (χ3v) is 2.33. The van der Waals surface area contributed by atoms with Crippen molar-refractivity contribution >= 4 is 6.91 Å². The molecule has 1 aliphatic rings. The monoisotopic (exact) mass is 160 g/mol. The fraction of sp³-hybridized carbons (Fsp3) is 0.500. The van der Waals surface area contributed by atoms with E-state index in [4.69, 9.17) is 4.74 Å². The van der Waals surface area contributed by atoms with Gasteiger partial charge in [0.2, 0.25) is 0 Å². The van der Waals surface area contributed by atoms with Gasteiger partial charge >= 0.3 is 73.2 Å². The van der Waals surface area contributed by atoms with E-state index in [1.54, 1.807) is 0 Å². The Hall–Kier alpha value is -0.625. The van der Waals surface area contributed by atoms with Crippen molar-refractivity contribution in [3.63, 3.8) is 0 Å². The first kappa shape index (κ1) is 8.00.